The quantitative estimate of drug-likeness (QED) is 0.817. The highest BCUT2D eigenvalue weighted by atomic mass is 15.0. The second-order valence-corrected chi connectivity index (χ2v) is 4.72. The first-order valence-electron chi connectivity index (χ1n) is 6.19. The zero-order valence-corrected chi connectivity index (χ0v) is 9.95. The van der Waals surface area contributed by atoms with Crippen molar-refractivity contribution in [3.05, 3.63) is 24.0 Å². The third-order valence-electron chi connectivity index (χ3n) is 3.47. The van der Waals surface area contributed by atoms with Gasteiger partial charge in [-0.1, -0.05) is 12.8 Å². The second kappa shape index (κ2) is 5.30. The van der Waals surface area contributed by atoms with Crippen LogP contribution in [0.2, 0.25) is 0 Å². The maximum atomic E-state index is 5.86. The van der Waals surface area contributed by atoms with Crippen LogP contribution in [0, 0.1) is 12.8 Å². The lowest BCUT2D eigenvalue weighted by molar-refractivity contribution is 0.462. The molecular formula is C13H21N3. The smallest absolute Gasteiger partial charge is 0.0411 e. The van der Waals surface area contributed by atoms with Gasteiger partial charge in [0, 0.05) is 30.2 Å². The summed E-state index contributed by atoms with van der Waals surface area (Å²) in [6.45, 7) is 2.73. The van der Waals surface area contributed by atoms with E-state index >= 15 is 0 Å². The van der Waals surface area contributed by atoms with Crippen molar-refractivity contribution in [2.24, 2.45) is 11.7 Å². The fourth-order valence-electron chi connectivity index (χ4n) is 2.58. The molecule has 88 valence electrons. The fraction of sp³-hybridized carbons (Fsp3) is 0.615. The van der Waals surface area contributed by atoms with Crippen molar-refractivity contribution in [1.82, 2.24) is 4.98 Å². The molecule has 1 aromatic heterocycles. The molecule has 1 fully saturated rings. The van der Waals surface area contributed by atoms with E-state index < -0.39 is 0 Å². The molecule has 1 atom stereocenters. The molecule has 1 aromatic rings. The summed E-state index contributed by atoms with van der Waals surface area (Å²) in [4.78, 5) is 4.20. The monoisotopic (exact) mass is 219 g/mol. The van der Waals surface area contributed by atoms with Gasteiger partial charge >= 0.3 is 0 Å². The molecule has 1 unspecified atom stereocenters. The van der Waals surface area contributed by atoms with Crippen LogP contribution in [0.1, 0.15) is 31.4 Å². The second-order valence-electron chi connectivity index (χ2n) is 4.72. The number of hydrogen-bond acceptors (Lipinski definition) is 3. The lowest BCUT2D eigenvalue weighted by atomic mass is 9.98. The summed E-state index contributed by atoms with van der Waals surface area (Å²) in [5.41, 5.74) is 8.06. The molecule has 0 radical (unpaired) electrons. The van der Waals surface area contributed by atoms with E-state index in [1.165, 1.54) is 25.7 Å². The molecule has 3 nitrogen and oxygen atoms in total. The maximum Gasteiger partial charge on any atom is 0.0411 e. The molecule has 1 heterocycles. The zero-order chi connectivity index (χ0) is 11.4. The fourth-order valence-corrected chi connectivity index (χ4v) is 2.58. The number of nitrogens with zero attached hydrogens (tertiary/aromatic N) is 1. The Morgan fingerprint density at radius 1 is 1.50 bits per heavy atom. The van der Waals surface area contributed by atoms with Crippen molar-refractivity contribution in [1.29, 1.82) is 0 Å². The SMILES string of the molecule is Cc1cc(NC(CN)C2CCCC2)ccn1. The van der Waals surface area contributed by atoms with Crippen LogP contribution in [0.5, 0.6) is 0 Å². The van der Waals surface area contributed by atoms with E-state index in [0.717, 1.165) is 17.3 Å². The van der Waals surface area contributed by atoms with Crippen molar-refractivity contribution in [3.63, 3.8) is 0 Å². The molecular weight excluding hydrogens is 198 g/mol. The van der Waals surface area contributed by atoms with Crippen LogP contribution < -0.4 is 11.1 Å². The Bertz CT molecular complexity index is 332. The lowest BCUT2D eigenvalue weighted by Crippen LogP contribution is -2.35. The summed E-state index contributed by atoms with van der Waals surface area (Å²) in [6, 6.07) is 4.52. The van der Waals surface area contributed by atoms with Gasteiger partial charge in [0.25, 0.3) is 0 Å². The molecule has 3 N–H and O–H groups in total. The van der Waals surface area contributed by atoms with Crippen molar-refractivity contribution in [3.8, 4) is 0 Å². The van der Waals surface area contributed by atoms with Crippen LogP contribution in [0.4, 0.5) is 5.69 Å². The van der Waals surface area contributed by atoms with Gasteiger partial charge in [0.15, 0.2) is 0 Å². The first kappa shape index (κ1) is 11.4. The van der Waals surface area contributed by atoms with Gasteiger partial charge in [0.2, 0.25) is 0 Å². The number of nitrogens with two attached hydrogens (primary N) is 1. The van der Waals surface area contributed by atoms with E-state index in [1.54, 1.807) is 0 Å². The summed E-state index contributed by atoms with van der Waals surface area (Å²) in [6.07, 6.45) is 7.20. The van der Waals surface area contributed by atoms with Crippen LogP contribution in [0.15, 0.2) is 18.3 Å². The highest BCUT2D eigenvalue weighted by Gasteiger charge is 2.23. The first-order chi connectivity index (χ1) is 7.79. The Hall–Kier alpha value is -1.09. The number of aryl methyl sites for hydroxylation is 1. The normalized spacial score (nSPS) is 18.6. The molecule has 16 heavy (non-hydrogen) atoms. The Balaban J connectivity index is 2.00. The molecule has 1 aliphatic carbocycles. The highest BCUT2D eigenvalue weighted by molar-refractivity contribution is 5.44. The standard InChI is InChI=1S/C13H21N3/c1-10-8-12(6-7-15-10)16-13(9-14)11-4-2-3-5-11/h6-8,11,13H,2-5,9,14H2,1H3,(H,15,16). The molecule has 0 spiro atoms. The number of anilines is 1. The summed E-state index contributed by atoms with van der Waals surface area (Å²) in [5, 5.41) is 3.55. The van der Waals surface area contributed by atoms with Crippen LogP contribution in [-0.2, 0) is 0 Å². The van der Waals surface area contributed by atoms with Crippen molar-refractivity contribution >= 4 is 5.69 Å². The molecule has 1 saturated carbocycles. The molecule has 0 saturated heterocycles. The van der Waals surface area contributed by atoms with Crippen molar-refractivity contribution < 1.29 is 0 Å². The topological polar surface area (TPSA) is 50.9 Å². The van der Waals surface area contributed by atoms with Crippen LogP contribution in [0.3, 0.4) is 0 Å². The van der Waals surface area contributed by atoms with Gasteiger partial charge in [-0.3, -0.25) is 4.98 Å². The number of nitrogens with one attached hydrogen (secondary N) is 1. The summed E-state index contributed by atoms with van der Waals surface area (Å²) < 4.78 is 0. The van der Waals surface area contributed by atoms with Gasteiger partial charge in [-0.25, -0.2) is 0 Å². The van der Waals surface area contributed by atoms with Gasteiger partial charge in [-0.2, -0.15) is 0 Å². The average Bonchev–Trinajstić information content (AvgIpc) is 2.79. The minimum absolute atomic E-state index is 0.421. The highest BCUT2D eigenvalue weighted by Crippen LogP contribution is 2.29. The average molecular weight is 219 g/mol. The van der Waals surface area contributed by atoms with E-state index in [2.05, 4.69) is 16.4 Å². The number of rotatable bonds is 4. The van der Waals surface area contributed by atoms with Gasteiger partial charge in [-0.15, -0.1) is 0 Å². The lowest BCUT2D eigenvalue weighted by Gasteiger charge is -2.24. The number of pyridine rings is 1. The Kier molecular flexibility index (Phi) is 3.78. The van der Waals surface area contributed by atoms with Crippen LogP contribution >= 0.6 is 0 Å². The minimum Gasteiger partial charge on any atom is -0.381 e. The van der Waals surface area contributed by atoms with Crippen molar-refractivity contribution in [2.75, 3.05) is 11.9 Å². The summed E-state index contributed by atoms with van der Waals surface area (Å²) in [7, 11) is 0. The molecule has 0 amide bonds. The van der Waals surface area contributed by atoms with Gasteiger partial charge in [0.05, 0.1) is 0 Å². The summed E-state index contributed by atoms with van der Waals surface area (Å²) in [5.74, 6) is 0.749. The largest absolute Gasteiger partial charge is 0.381 e. The summed E-state index contributed by atoms with van der Waals surface area (Å²) >= 11 is 0. The molecule has 3 heteroatoms. The van der Waals surface area contributed by atoms with E-state index in [1.807, 2.05) is 19.2 Å². The minimum atomic E-state index is 0.421. The number of aromatic nitrogens is 1. The van der Waals surface area contributed by atoms with E-state index in [4.69, 9.17) is 5.73 Å². The molecule has 2 rings (SSSR count). The predicted molar refractivity (Wildman–Crippen MR) is 67.4 cm³/mol. The van der Waals surface area contributed by atoms with Crippen LogP contribution in [0.25, 0.3) is 0 Å². The first-order valence-corrected chi connectivity index (χ1v) is 6.19. The van der Waals surface area contributed by atoms with Crippen molar-refractivity contribution in [2.45, 2.75) is 38.6 Å². The molecule has 0 aliphatic heterocycles. The van der Waals surface area contributed by atoms with Gasteiger partial charge in [0.1, 0.15) is 0 Å². The third kappa shape index (κ3) is 2.73. The van der Waals surface area contributed by atoms with E-state index in [-0.39, 0.29) is 0 Å². The number of hydrogen-bond donors (Lipinski definition) is 2. The van der Waals surface area contributed by atoms with Crippen LogP contribution in [-0.4, -0.2) is 17.6 Å². The van der Waals surface area contributed by atoms with Gasteiger partial charge in [-0.05, 0) is 37.8 Å². The Morgan fingerprint density at radius 2 is 2.25 bits per heavy atom. The third-order valence-corrected chi connectivity index (χ3v) is 3.47. The van der Waals surface area contributed by atoms with E-state index in [0.29, 0.717) is 12.6 Å². The molecule has 1 aliphatic rings. The Morgan fingerprint density at radius 3 is 2.88 bits per heavy atom. The molecule has 0 bridgehead atoms. The maximum absolute atomic E-state index is 5.86. The zero-order valence-electron chi connectivity index (χ0n) is 9.95. The molecule has 0 aromatic carbocycles. The van der Waals surface area contributed by atoms with Gasteiger partial charge < -0.3 is 11.1 Å². The van der Waals surface area contributed by atoms with E-state index in [9.17, 15) is 0 Å². The predicted octanol–water partition coefficient (Wildman–Crippen LogP) is 2.32. The Labute approximate surface area is 97.5 Å².